The van der Waals surface area contributed by atoms with E-state index in [9.17, 15) is 8.42 Å². The number of rotatable bonds is 4. The first-order valence-corrected chi connectivity index (χ1v) is 7.94. The number of sulfonamides is 1. The molecule has 0 radical (unpaired) electrons. The Morgan fingerprint density at radius 2 is 2.20 bits per heavy atom. The Kier molecular flexibility index (Phi) is 6.26. The zero-order valence-electron chi connectivity index (χ0n) is 11.7. The third-order valence-electron chi connectivity index (χ3n) is 3.09. The maximum Gasteiger partial charge on any atom is 0.243 e. The first-order chi connectivity index (χ1) is 9.04. The number of hydrogen-bond acceptors (Lipinski definition) is 4. The third kappa shape index (κ3) is 3.85. The van der Waals surface area contributed by atoms with Crippen molar-refractivity contribution in [3.63, 3.8) is 0 Å². The predicted octanol–water partition coefficient (Wildman–Crippen LogP) is 1.49. The molecule has 5 nitrogen and oxygen atoms in total. The molecule has 114 valence electrons. The second-order valence-electron chi connectivity index (χ2n) is 4.63. The van der Waals surface area contributed by atoms with Crippen molar-refractivity contribution in [3.8, 4) is 5.75 Å². The molecule has 1 atom stereocenters. The van der Waals surface area contributed by atoms with E-state index in [-0.39, 0.29) is 18.4 Å². The first kappa shape index (κ1) is 17.2. The Balaban J connectivity index is 0.00000200. The SMILES string of the molecule is CCOc1cccc(S(=O)(=O)N2CCN[C@@H](C)C2)c1.Cl. The van der Waals surface area contributed by atoms with E-state index in [2.05, 4.69) is 5.32 Å². The van der Waals surface area contributed by atoms with E-state index in [4.69, 9.17) is 4.74 Å². The van der Waals surface area contributed by atoms with Crippen LogP contribution in [0.4, 0.5) is 0 Å². The number of nitrogens with one attached hydrogen (secondary N) is 1. The second kappa shape index (κ2) is 7.26. The van der Waals surface area contributed by atoms with E-state index in [0.717, 1.165) is 0 Å². The summed E-state index contributed by atoms with van der Waals surface area (Å²) in [6, 6.07) is 6.86. The fourth-order valence-electron chi connectivity index (χ4n) is 2.16. The molecule has 0 aromatic heterocycles. The normalized spacial score (nSPS) is 20.2. The van der Waals surface area contributed by atoms with E-state index in [1.807, 2.05) is 13.8 Å². The average Bonchev–Trinajstić information content (AvgIpc) is 2.39. The van der Waals surface area contributed by atoms with Crippen LogP contribution in [-0.4, -0.2) is 45.0 Å². The molecule has 0 saturated carbocycles. The Bertz CT molecular complexity index is 536. The minimum absolute atomic E-state index is 0. The fraction of sp³-hybridized carbons (Fsp3) is 0.538. The van der Waals surface area contributed by atoms with Crippen LogP contribution in [0, 0.1) is 0 Å². The molecule has 1 heterocycles. The molecular weight excluding hydrogens is 300 g/mol. The summed E-state index contributed by atoms with van der Waals surface area (Å²) in [6.45, 7) is 6.07. The summed E-state index contributed by atoms with van der Waals surface area (Å²) in [6.07, 6.45) is 0. The van der Waals surface area contributed by atoms with Crippen LogP contribution in [0.1, 0.15) is 13.8 Å². The smallest absolute Gasteiger partial charge is 0.243 e. The van der Waals surface area contributed by atoms with Crippen LogP contribution < -0.4 is 10.1 Å². The largest absolute Gasteiger partial charge is 0.494 e. The lowest BCUT2D eigenvalue weighted by Gasteiger charge is -2.31. The zero-order chi connectivity index (χ0) is 13.9. The van der Waals surface area contributed by atoms with Crippen LogP contribution in [0.15, 0.2) is 29.2 Å². The van der Waals surface area contributed by atoms with E-state index in [1.54, 1.807) is 24.3 Å². The average molecular weight is 321 g/mol. The fourth-order valence-corrected chi connectivity index (χ4v) is 3.72. The summed E-state index contributed by atoms with van der Waals surface area (Å²) in [5.41, 5.74) is 0. The van der Waals surface area contributed by atoms with Crippen LogP contribution >= 0.6 is 12.4 Å². The Labute approximate surface area is 126 Å². The van der Waals surface area contributed by atoms with Crippen molar-refractivity contribution in [2.24, 2.45) is 0 Å². The summed E-state index contributed by atoms with van der Waals surface area (Å²) < 4.78 is 31.9. The summed E-state index contributed by atoms with van der Waals surface area (Å²) in [5, 5.41) is 3.24. The van der Waals surface area contributed by atoms with E-state index >= 15 is 0 Å². The molecule has 0 aliphatic carbocycles. The summed E-state index contributed by atoms with van der Waals surface area (Å²) >= 11 is 0. The molecule has 20 heavy (non-hydrogen) atoms. The van der Waals surface area contributed by atoms with Crippen LogP contribution in [0.3, 0.4) is 0 Å². The van der Waals surface area contributed by atoms with Gasteiger partial charge in [0.2, 0.25) is 10.0 Å². The molecule has 2 rings (SSSR count). The molecule has 1 aromatic carbocycles. The van der Waals surface area contributed by atoms with Gasteiger partial charge in [-0.05, 0) is 26.0 Å². The van der Waals surface area contributed by atoms with Gasteiger partial charge in [-0.25, -0.2) is 8.42 Å². The molecule has 0 amide bonds. The van der Waals surface area contributed by atoms with Gasteiger partial charge in [0.1, 0.15) is 5.75 Å². The first-order valence-electron chi connectivity index (χ1n) is 6.50. The molecule has 0 unspecified atom stereocenters. The van der Waals surface area contributed by atoms with E-state index in [1.165, 1.54) is 4.31 Å². The van der Waals surface area contributed by atoms with Gasteiger partial charge in [-0.1, -0.05) is 6.07 Å². The lowest BCUT2D eigenvalue weighted by Crippen LogP contribution is -2.51. The maximum atomic E-state index is 12.5. The molecule has 1 saturated heterocycles. The quantitative estimate of drug-likeness (QED) is 0.913. The monoisotopic (exact) mass is 320 g/mol. The number of hydrogen-bond donors (Lipinski definition) is 1. The van der Waals surface area contributed by atoms with Gasteiger partial charge in [0.15, 0.2) is 0 Å². The second-order valence-corrected chi connectivity index (χ2v) is 6.56. The van der Waals surface area contributed by atoms with Crippen molar-refractivity contribution >= 4 is 22.4 Å². The molecule has 0 spiro atoms. The van der Waals surface area contributed by atoms with Gasteiger partial charge in [-0.3, -0.25) is 0 Å². The van der Waals surface area contributed by atoms with Crippen molar-refractivity contribution < 1.29 is 13.2 Å². The number of nitrogens with zero attached hydrogens (tertiary/aromatic N) is 1. The number of ether oxygens (including phenoxy) is 1. The van der Waals surface area contributed by atoms with Gasteiger partial charge in [-0.15, -0.1) is 12.4 Å². The Hall–Kier alpha value is -0.820. The molecule has 7 heteroatoms. The van der Waals surface area contributed by atoms with Crippen molar-refractivity contribution in [2.45, 2.75) is 24.8 Å². The molecule has 1 aromatic rings. The van der Waals surface area contributed by atoms with Gasteiger partial charge in [-0.2, -0.15) is 4.31 Å². The molecule has 1 aliphatic heterocycles. The van der Waals surface area contributed by atoms with Gasteiger partial charge < -0.3 is 10.1 Å². The van der Waals surface area contributed by atoms with Gasteiger partial charge >= 0.3 is 0 Å². The molecule has 1 aliphatic rings. The highest BCUT2D eigenvalue weighted by Crippen LogP contribution is 2.21. The third-order valence-corrected chi connectivity index (χ3v) is 4.95. The minimum Gasteiger partial charge on any atom is -0.494 e. The van der Waals surface area contributed by atoms with Crippen molar-refractivity contribution in [1.29, 1.82) is 0 Å². The minimum atomic E-state index is -3.42. The topological polar surface area (TPSA) is 58.6 Å². The number of piperazine rings is 1. The van der Waals surface area contributed by atoms with Crippen molar-refractivity contribution in [2.75, 3.05) is 26.2 Å². The van der Waals surface area contributed by atoms with E-state index in [0.29, 0.717) is 36.9 Å². The summed E-state index contributed by atoms with van der Waals surface area (Å²) in [4.78, 5) is 0.299. The summed E-state index contributed by atoms with van der Waals surface area (Å²) in [7, 11) is -3.42. The highest BCUT2D eigenvalue weighted by molar-refractivity contribution is 7.89. The highest BCUT2D eigenvalue weighted by Gasteiger charge is 2.28. The lowest BCUT2D eigenvalue weighted by molar-refractivity contribution is 0.309. The van der Waals surface area contributed by atoms with E-state index < -0.39 is 10.0 Å². The molecule has 1 N–H and O–H groups in total. The molecule has 0 bridgehead atoms. The molecular formula is C13H21ClN2O3S. The maximum absolute atomic E-state index is 12.5. The molecule has 1 fully saturated rings. The number of halogens is 1. The van der Waals surface area contributed by atoms with Crippen LogP contribution in [0.25, 0.3) is 0 Å². The standard InChI is InChI=1S/C13H20N2O3S.ClH/c1-3-18-12-5-4-6-13(9-12)19(16,17)15-8-7-14-11(2)10-15;/h4-6,9,11,14H,3,7-8,10H2,1-2H3;1H/t11-;/m0./s1. The lowest BCUT2D eigenvalue weighted by atomic mass is 10.3. The Morgan fingerprint density at radius 3 is 2.85 bits per heavy atom. The van der Waals surface area contributed by atoms with Crippen LogP contribution in [0.2, 0.25) is 0 Å². The van der Waals surface area contributed by atoms with Crippen molar-refractivity contribution in [1.82, 2.24) is 9.62 Å². The Morgan fingerprint density at radius 1 is 1.45 bits per heavy atom. The van der Waals surface area contributed by atoms with Crippen LogP contribution in [-0.2, 0) is 10.0 Å². The highest BCUT2D eigenvalue weighted by atomic mass is 35.5. The van der Waals surface area contributed by atoms with Crippen LogP contribution in [0.5, 0.6) is 5.75 Å². The number of benzene rings is 1. The predicted molar refractivity (Wildman–Crippen MR) is 81.1 cm³/mol. The van der Waals surface area contributed by atoms with Gasteiger partial charge in [0, 0.05) is 31.7 Å². The zero-order valence-corrected chi connectivity index (χ0v) is 13.3. The van der Waals surface area contributed by atoms with Gasteiger partial charge in [0.25, 0.3) is 0 Å². The summed E-state index contributed by atoms with van der Waals surface area (Å²) in [5.74, 6) is 0.590. The van der Waals surface area contributed by atoms with Gasteiger partial charge in [0.05, 0.1) is 11.5 Å². The van der Waals surface area contributed by atoms with Crippen molar-refractivity contribution in [3.05, 3.63) is 24.3 Å².